The van der Waals surface area contributed by atoms with Crippen LogP contribution in [0.15, 0.2) is 36.4 Å². The van der Waals surface area contributed by atoms with Gasteiger partial charge in [0.25, 0.3) is 0 Å². The summed E-state index contributed by atoms with van der Waals surface area (Å²) in [4.78, 5) is 4.51. The minimum Gasteiger partial charge on any atom is -0.367 e. The van der Waals surface area contributed by atoms with Crippen LogP contribution in [0.3, 0.4) is 0 Å². The van der Waals surface area contributed by atoms with Gasteiger partial charge in [0.1, 0.15) is 0 Å². The average Bonchev–Trinajstić information content (AvgIpc) is 2.45. The number of hydrogen-bond acceptors (Lipinski definition) is 2. The first-order valence-corrected chi connectivity index (χ1v) is 7.53. The number of nitrogens with zero attached hydrogens (tertiary/aromatic N) is 2. The number of para-hydroxylation sites is 1. The highest BCUT2D eigenvalue weighted by Crippen LogP contribution is 2.25. The molecule has 108 valence electrons. The SMILES string of the molecule is C=C(C)CNC(=S)N1CCN(c2ccccc2Cl)CC1. The van der Waals surface area contributed by atoms with Crippen LogP contribution in [0.5, 0.6) is 0 Å². The Kier molecular flexibility index (Phi) is 5.26. The van der Waals surface area contributed by atoms with E-state index in [1.807, 2.05) is 25.1 Å². The number of nitrogens with one attached hydrogen (secondary N) is 1. The summed E-state index contributed by atoms with van der Waals surface area (Å²) in [7, 11) is 0. The summed E-state index contributed by atoms with van der Waals surface area (Å²) in [5, 5.41) is 4.85. The van der Waals surface area contributed by atoms with Crippen molar-refractivity contribution in [3.63, 3.8) is 0 Å². The fourth-order valence-corrected chi connectivity index (χ4v) is 2.71. The van der Waals surface area contributed by atoms with E-state index < -0.39 is 0 Å². The molecule has 1 fully saturated rings. The Morgan fingerprint density at radius 1 is 1.30 bits per heavy atom. The van der Waals surface area contributed by atoms with Crippen LogP contribution in [0.2, 0.25) is 5.02 Å². The molecule has 1 heterocycles. The van der Waals surface area contributed by atoms with Crippen molar-refractivity contribution in [2.75, 3.05) is 37.6 Å². The Bertz CT molecular complexity index is 496. The summed E-state index contributed by atoms with van der Waals surface area (Å²) < 4.78 is 0. The van der Waals surface area contributed by atoms with Crippen molar-refractivity contribution in [2.45, 2.75) is 6.92 Å². The predicted molar refractivity (Wildman–Crippen MR) is 90.7 cm³/mol. The molecule has 0 aliphatic carbocycles. The molecule has 0 aromatic heterocycles. The maximum Gasteiger partial charge on any atom is 0.169 e. The van der Waals surface area contributed by atoms with Gasteiger partial charge >= 0.3 is 0 Å². The Morgan fingerprint density at radius 3 is 2.55 bits per heavy atom. The van der Waals surface area contributed by atoms with Gasteiger partial charge in [-0.2, -0.15) is 0 Å². The Morgan fingerprint density at radius 2 is 1.95 bits per heavy atom. The third kappa shape index (κ3) is 3.87. The first-order chi connectivity index (χ1) is 9.58. The van der Waals surface area contributed by atoms with Crippen LogP contribution < -0.4 is 10.2 Å². The highest BCUT2D eigenvalue weighted by atomic mass is 35.5. The number of anilines is 1. The second-order valence-corrected chi connectivity index (χ2v) is 5.84. The number of halogens is 1. The van der Waals surface area contributed by atoms with Crippen molar-refractivity contribution < 1.29 is 0 Å². The Hall–Kier alpha value is -1.26. The van der Waals surface area contributed by atoms with Crippen molar-refractivity contribution >= 4 is 34.6 Å². The lowest BCUT2D eigenvalue weighted by molar-refractivity contribution is 0.381. The molecule has 1 aliphatic rings. The van der Waals surface area contributed by atoms with E-state index in [9.17, 15) is 0 Å². The summed E-state index contributed by atoms with van der Waals surface area (Å²) in [5.41, 5.74) is 2.19. The van der Waals surface area contributed by atoms with Crippen molar-refractivity contribution in [1.82, 2.24) is 10.2 Å². The molecule has 1 N–H and O–H groups in total. The zero-order valence-corrected chi connectivity index (χ0v) is 13.3. The van der Waals surface area contributed by atoms with Crippen LogP contribution in [-0.2, 0) is 0 Å². The van der Waals surface area contributed by atoms with Gasteiger partial charge in [0, 0.05) is 32.7 Å². The van der Waals surface area contributed by atoms with Crippen LogP contribution in [0, 0.1) is 0 Å². The van der Waals surface area contributed by atoms with Crippen LogP contribution in [0.4, 0.5) is 5.69 Å². The van der Waals surface area contributed by atoms with Gasteiger partial charge in [-0.1, -0.05) is 35.9 Å². The summed E-state index contributed by atoms with van der Waals surface area (Å²) in [6, 6.07) is 7.98. The van der Waals surface area contributed by atoms with Gasteiger partial charge in [0.2, 0.25) is 0 Å². The average molecular weight is 310 g/mol. The molecular formula is C15H20ClN3S. The first kappa shape index (κ1) is 15.1. The standard InChI is InChI=1S/C15H20ClN3S/c1-12(2)11-17-15(20)19-9-7-18(8-10-19)14-6-4-3-5-13(14)16/h3-6H,1,7-11H2,2H3,(H,17,20). The molecule has 0 radical (unpaired) electrons. The molecule has 1 aliphatic heterocycles. The highest BCUT2D eigenvalue weighted by Gasteiger charge is 2.20. The topological polar surface area (TPSA) is 18.5 Å². The van der Waals surface area contributed by atoms with Crippen LogP contribution in [-0.4, -0.2) is 42.7 Å². The molecule has 0 amide bonds. The van der Waals surface area contributed by atoms with E-state index in [0.717, 1.165) is 54.1 Å². The molecule has 0 unspecified atom stereocenters. The molecule has 0 atom stereocenters. The summed E-state index contributed by atoms with van der Waals surface area (Å²) >= 11 is 11.6. The van der Waals surface area contributed by atoms with Crippen molar-refractivity contribution in [3.05, 3.63) is 41.4 Å². The maximum atomic E-state index is 6.24. The molecule has 1 aromatic rings. The van der Waals surface area contributed by atoms with E-state index in [-0.39, 0.29) is 0 Å². The Labute approximate surface area is 131 Å². The molecule has 0 bridgehead atoms. The van der Waals surface area contributed by atoms with Crippen LogP contribution >= 0.6 is 23.8 Å². The molecular weight excluding hydrogens is 290 g/mol. The fourth-order valence-electron chi connectivity index (χ4n) is 2.20. The normalized spacial score (nSPS) is 15.1. The van der Waals surface area contributed by atoms with E-state index in [1.165, 1.54) is 0 Å². The van der Waals surface area contributed by atoms with Crippen molar-refractivity contribution in [3.8, 4) is 0 Å². The molecule has 1 aromatic carbocycles. The van der Waals surface area contributed by atoms with E-state index in [0.29, 0.717) is 0 Å². The van der Waals surface area contributed by atoms with Gasteiger partial charge in [-0.05, 0) is 31.3 Å². The minimum atomic E-state index is 0.740. The van der Waals surface area contributed by atoms with E-state index in [4.69, 9.17) is 23.8 Å². The number of hydrogen-bond donors (Lipinski definition) is 1. The van der Waals surface area contributed by atoms with Gasteiger partial charge in [0.05, 0.1) is 10.7 Å². The van der Waals surface area contributed by atoms with Crippen LogP contribution in [0.25, 0.3) is 0 Å². The second kappa shape index (κ2) is 6.95. The lowest BCUT2D eigenvalue weighted by Gasteiger charge is -2.37. The van der Waals surface area contributed by atoms with Gasteiger partial charge < -0.3 is 15.1 Å². The lowest BCUT2D eigenvalue weighted by atomic mass is 10.2. The zero-order valence-electron chi connectivity index (χ0n) is 11.7. The third-order valence-corrected chi connectivity index (χ3v) is 4.02. The quantitative estimate of drug-likeness (QED) is 0.683. The molecule has 0 spiro atoms. The summed E-state index contributed by atoms with van der Waals surface area (Å²) in [6.07, 6.45) is 0. The number of rotatable bonds is 3. The molecule has 3 nitrogen and oxygen atoms in total. The van der Waals surface area contributed by atoms with E-state index >= 15 is 0 Å². The monoisotopic (exact) mass is 309 g/mol. The molecule has 2 rings (SSSR count). The molecule has 20 heavy (non-hydrogen) atoms. The largest absolute Gasteiger partial charge is 0.367 e. The molecule has 0 saturated carbocycles. The number of piperazine rings is 1. The summed E-state index contributed by atoms with van der Waals surface area (Å²) in [5.74, 6) is 0. The van der Waals surface area contributed by atoms with Crippen molar-refractivity contribution in [1.29, 1.82) is 0 Å². The second-order valence-electron chi connectivity index (χ2n) is 5.04. The smallest absolute Gasteiger partial charge is 0.169 e. The van der Waals surface area contributed by atoms with Gasteiger partial charge in [-0.3, -0.25) is 0 Å². The predicted octanol–water partition coefficient (Wildman–Crippen LogP) is 2.91. The maximum absolute atomic E-state index is 6.24. The molecule has 1 saturated heterocycles. The van der Waals surface area contributed by atoms with E-state index in [2.05, 4.69) is 27.8 Å². The Balaban J connectivity index is 1.88. The highest BCUT2D eigenvalue weighted by molar-refractivity contribution is 7.80. The molecule has 5 heteroatoms. The number of thiocarbonyl (C=S) groups is 1. The lowest BCUT2D eigenvalue weighted by Crippen LogP contribution is -2.52. The van der Waals surface area contributed by atoms with Gasteiger partial charge in [-0.25, -0.2) is 0 Å². The van der Waals surface area contributed by atoms with Gasteiger partial charge in [0.15, 0.2) is 5.11 Å². The summed E-state index contributed by atoms with van der Waals surface area (Å²) in [6.45, 7) is 10.3. The van der Waals surface area contributed by atoms with Crippen LogP contribution in [0.1, 0.15) is 6.92 Å². The van der Waals surface area contributed by atoms with E-state index in [1.54, 1.807) is 0 Å². The fraction of sp³-hybridized carbons (Fsp3) is 0.400. The van der Waals surface area contributed by atoms with Crippen molar-refractivity contribution in [2.24, 2.45) is 0 Å². The first-order valence-electron chi connectivity index (χ1n) is 6.74. The third-order valence-electron chi connectivity index (χ3n) is 3.30. The zero-order chi connectivity index (χ0) is 14.5. The van der Waals surface area contributed by atoms with Gasteiger partial charge in [-0.15, -0.1) is 0 Å². The number of benzene rings is 1. The minimum absolute atomic E-state index is 0.740.